The van der Waals surface area contributed by atoms with Crippen molar-refractivity contribution >= 4 is 39.0 Å². The fourth-order valence-corrected chi connectivity index (χ4v) is 8.52. The van der Waals surface area contributed by atoms with Crippen LogP contribution < -0.4 is 10.6 Å². The Kier molecular flexibility index (Phi) is 9.61. The number of rotatable bonds is 10. The zero-order chi connectivity index (χ0) is 31.0. The van der Waals surface area contributed by atoms with Crippen LogP contribution in [0.1, 0.15) is 56.8 Å². The molecule has 0 aromatic heterocycles. The molecule has 42 heavy (non-hydrogen) atoms. The summed E-state index contributed by atoms with van der Waals surface area (Å²) in [6.07, 6.45) is 1.54. The fraction of sp³-hybridized carbons (Fsp3) is 0.517. The number of fused-ring (bicyclic) bond motifs is 2. The number of anilines is 1. The highest BCUT2D eigenvalue weighted by molar-refractivity contribution is 7.92. The highest BCUT2D eigenvalue weighted by Crippen LogP contribution is 2.52. The number of nitrogens with one attached hydrogen (secondary N) is 2. The van der Waals surface area contributed by atoms with Gasteiger partial charge in [-0.05, 0) is 68.6 Å². The first kappa shape index (κ1) is 32.2. The van der Waals surface area contributed by atoms with E-state index in [0.717, 1.165) is 6.07 Å². The fourth-order valence-electron chi connectivity index (χ4n) is 6.12. The Labute approximate surface area is 247 Å². The number of aliphatic hydroxyl groups is 1. The Morgan fingerprint density at radius 3 is 2.24 bits per heavy atom. The Hall–Kier alpha value is -2.67. The minimum absolute atomic E-state index is 0.0882. The van der Waals surface area contributed by atoms with Crippen LogP contribution in [0, 0.1) is 35.2 Å². The van der Waals surface area contributed by atoms with Crippen LogP contribution in [0.2, 0.25) is 5.02 Å². The zero-order valence-corrected chi connectivity index (χ0v) is 25.0. The predicted molar refractivity (Wildman–Crippen MR) is 150 cm³/mol. The standard InChI is InChI=1S/C29H34ClF3N2O6S/c1-4-41-28(37)26(15(2)3)34-14-29(38)17-6-7-18(29)11-20(10-17)42(39,40)24-9-16(5-8-21(24)30)27(36)35-19-12-22(31)25(33)23(32)13-19/h5,8-9,12-13,15,17-18,20,26,34,38H,4,6-7,10-11,14H2,1-3H3,(H,35,36)/t17?,18?,20-,26-,29-/m0/s1. The van der Waals surface area contributed by atoms with Crippen molar-refractivity contribution in [1.82, 2.24) is 5.32 Å². The van der Waals surface area contributed by atoms with Crippen LogP contribution in [0.15, 0.2) is 35.2 Å². The van der Waals surface area contributed by atoms with Crippen LogP contribution in [0.3, 0.4) is 0 Å². The first-order valence-corrected chi connectivity index (χ1v) is 15.7. The number of carbonyl (C=O) groups is 2. The number of hydrogen-bond acceptors (Lipinski definition) is 7. The molecule has 2 aromatic carbocycles. The summed E-state index contributed by atoms with van der Waals surface area (Å²) in [4.78, 5) is 24.9. The molecule has 3 atom stereocenters. The van der Waals surface area contributed by atoms with Gasteiger partial charge in [0.25, 0.3) is 5.91 Å². The Morgan fingerprint density at radius 2 is 1.69 bits per heavy atom. The van der Waals surface area contributed by atoms with Gasteiger partial charge in [0.05, 0.1) is 27.4 Å². The lowest BCUT2D eigenvalue weighted by Gasteiger charge is -2.43. The molecule has 0 radical (unpaired) electrons. The van der Waals surface area contributed by atoms with Gasteiger partial charge in [0.1, 0.15) is 6.04 Å². The Morgan fingerprint density at radius 1 is 1.10 bits per heavy atom. The molecule has 4 rings (SSSR count). The van der Waals surface area contributed by atoms with Gasteiger partial charge in [-0.3, -0.25) is 9.59 Å². The van der Waals surface area contributed by atoms with Crippen molar-refractivity contribution in [2.75, 3.05) is 18.5 Å². The van der Waals surface area contributed by atoms with E-state index in [-0.39, 0.29) is 64.9 Å². The van der Waals surface area contributed by atoms with Gasteiger partial charge in [0.2, 0.25) is 0 Å². The van der Waals surface area contributed by atoms with Crippen molar-refractivity contribution in [1.29, 1.82) is 0 Å². The van der Waals surface area contributed by atoms with Crippen LogP contribution in [0.4, 0.5) is 18.9 Å². The summed E-state index contributed by atoms with van der Waals surface area (Å²) in [6.45, 7) is 5.79. The molecule has 0 spiro atoms. The van der Waals surface area contributed by atoms with Crippen LogP contribution in [-0.4, -0.2) is 55.4 Å². The molecule has 2 aliphatic carbocycles. The molecular weight excluding hydrogens is 597 g/mol. The third kappa shape index (κ3) is 6.31. The first-order valence-electron chi connectivity index (χ1n) is 13.8. The second kappa shape index (κ2) is 12.5. The van der Waals surface area contributed by atoms with E-state index in [1.807, 2.05) is 13.8 Å². The van der Waals surface area contributed by atoms with Gasteiger partial charge >= 0.3 is 5.97 Å². The first-order chi connectivity index (χ1) is 19.7. The molecule has 0 heterocycles. The smallest absolute Gasteiger partial charge is 0.323 e. The van der Waals surface area contributed by atoms with E-state index in [1.165, 1.54) is 12.1 Å². The second-order valence-corrected chi connectivity index (χ2v) is 13.9. The summed E-state index contributed by atoms with van der Waals surface area (Å²) >= 11 is 6.28. The molecular formula is C29H34ClF3N2O6S. The summed E-state index contributed by atoms with van der Waals surface area (Å²) in [6, 6.07) is 4.19. The molecule has 2 saturated carbocycles. The van der Waals surface area contributed by atoms with Crippen LogP contribution in [0.25, 0.3) is 0 Å². The van der Waals surface area contributed by atoms with Crippen LogP contribution in [-0.2, 0) is 19.4 Å². The monoisotopic (exact) mass is 630 g/mol. The number of carbonyl (C=O) groups excluding carboxylic acids is 2. The van der Waals surface area contributed by atoms with E-state index in [9.17, 15) is 36.3 Å². The largest absolute Gasteiger partial charge is 0.465 e. The lowest BCUT2D eigenvalue weighted by Crippen LogP contribution is -2.57. The lowest BCUT2D eigenvalue weighted by molar-refractivity contribution is -0.147. The summed E-state index contributed by atoms with van der Waals surface area (Å²) in [5, 5.41) is 16.1. The molecule has 2 bridgehead atoms. The number of ether oxygens (including phenoxy) is 1. The van der Waals surface area contributed by atoms with E-state index in [0.29, 0.717) is 25.0 Å². The quantitative estimate of drug-likeness (QED) is 0.253. The maximum absolute atomic E-state index is 13.8. The van der Waals surface area contributed by atoms with Crippen molar-refractivity contribution in [3.05, 3.63) is 58.4 Å². The normalized spacial score (nSPS) is 24.5. The maximum Gasteiger partial charge on any atom is 0.323 e. The molecule has 2 unspecified atom stereocenters. The molecule has 1 amide bonds. The number of esters is 1. The summed E-state index contributed by atoms with van der Waals surface area (Å²) in [5.41, 5.74) is -1.70. The predicted octanol–water partition coefficient (Wildman–Crippen LogP) is 4.88. The number of amides is 1. The average molecular weight is 631 g/mol. The average Bonchev–Trinajstić information content (AvgIpc) is 3.07. The lowest BCUT2D eigenvalue weighted by atomic mass is 9.74. The van der Waals surface area contributed by atoms with Gasteiger partial charge < -0.3 is 20.5 Å². The summed E-state index contributed by atoms with van der Waals surface area (Å²) in [7, 11) is -4.07. The van der Waals surface area contributed by atoms with Gasteiger partial charge in [0, 0.05) is 29.9 Å². The number of benzene rings is 2. The molecule has 8 nitrogen and oxygen atoms in total. The molecule has 13 heteroatoms. The SMILES string of the molecule is CCOC(=O)[C@@H](NC[C@]1(O)C2CCC1C[C@@H](S(=O)(=O)c1cc(C(=O)Nc3cc(F)c(F)c(F)c3)ccc1Cl)C2)C(C)C. The van der Waals surface area contributed by atoms with Gasteiger partial charge in [-0.2, -0.15) is 0 Å². The van der Waals surface area contributed by atoms with Crippen LogP contribution >= 0.6 is 11.6 Å². The van der Waals surface area contributed by atoms with E-state index in [4.69, 9.17) is 16.3 Å². The number of halogens is 4. The van der Waals surface area contributed by atoms with Crippen molar-refractivity contribution in [3.8, 4) is 0 Å². The van der Waals surface area contributed by atoms with Crippen molar-refractivity contribution < 1.29 is 41.0 Å². The third-order valence-corrected chi connectivity index (χ3v) is 11.0. The van der Waals surface area contributed by atoms with Crippen LogP contribution in [0.5, 0.6) is 0 Å². The molecule has 2 aliphatic rings. The number of sulfone groups is 1. The molecule has 0 aliphatic heterocycles. The third-order valence-electron chi connectivity index (χ3n) is 8.37. The van der Waals surface area contributed by atoms with E-state index in [1.54, 1.807) is 6.92 Å². The highest BCUT2D eigenvalue weighted by Gasteiger charge is 2.55. The van der Waals surface area contributed by atoms with Gasteiger partial charge in [-0.1, -0.05) is 25.4 Å². The van der Waals surface area contributed by atoms with Crippen molar-refractivity contribution in [3.63, 3.8) is 0 Å². The molecule has 230 valence electrons. The second-order valence-electron chi connectivity index (χ2n) is 11.3. The van der Waals surface area contributed by atoms with Crippen molar-refractivity contribution in [2.24, 2.45) is 17.8 Å². The number of hydrogen-bond donors (Lipinski definition) is 3. The zero-order valence-electron chi connectivity index (χ0n) is 23.4. The minimum Gasteiger partial charge on any atom is -0.465 e. The van der Waals surface area contributed by atoms with Crippen molar-refractivity contribution in [2.45, 2.75) is 68.2 Å². The Bertz CT molecular complexity index is 1430. The van der Waals surface area contributed by atoms with E-state index in [2.05, 4.69) is 10.6 Å². The summed E-state index contributed by atoms with van der Waals surface area (Å²) < 4.78 is 73.2. The molecule has 0 saturated heterocycles. The topological polar surface area (TPSA) is 122 Å². The van der Waals surface area contributed by atoms with Gasteiger partial charge in [-0.15, -0.1) is 0 Å². The van der Waals surface area contributed by atoms with Gasteiger partial charge in [-0.25, -0.2) is 21.6 Å². The Balaban J connectivity index is 1.51. The highest BCUT2D eigenvalue weighted by atomic mass is 35.5. The van der Waals surface area contributed by atoms with Gasteiger partial charge in [0.15, 0.2) is 27.3 Å². The van der Waals surface area contributed by atoms with E-state index < -0.39 is 56.1 Å². The molecule has 2 aromatic rings. The van der Waals surface area contributed by atoms with E-state index >= 15 is 0 Å². The molecule has 3 N–H and O–H groups in total. The summed E-state index contributed by atoms with van der Waals surface area (Å²) in [5.74, 6) is -6.75. The maximum atomic E-state index is 13.8. The minimum atomic E-state index is -4.07. The molecule has 2 fully saturated rings.